The molecule has 0 aliphatic heterocycles. The average Bonchev–Trinajstić information content (AvgIpc) is 2.80. The number of benzene rings is 1. The zero-order valence-corrected chi connectivity index (χ0v) is 14.8. The Balaban J connectivity index is 2.28. The van der Waals surface area contributed by atoms with Crippen LogP contribution >= 0.6 is 27.5 Å². The van der Waals surface area contributed by atoms with Crippen LogP contribution in [0.25, 0.3) is 0 Å². The van der Waals surface area contributed by atoms with Crippen LogP contribution in [-0.2, 0) is 22.4 Å². The second kappa shape index (κ2) is 6.52. The molecule has 1 aromatic heterocycles. The van der Waals surface area contributed by atoms with Gasteiger partial charge in [-0.15, -0.1) is 11.6 Å². The highest BCUT2D eigenvalue weighted by atomic mass is 79.9. The molecular formula is C14H15BrClNO3S. The Kier molecular flexibility index (Phi) is 5.14. The smallest absolute Gasteiger partial charge is 0.246 e. The number of aryl methyl sites for hydroxylation is 1. The molecule has 0 amide bonds. The molecule has 1 heterocycles. The molecule has 0 fully saturated rings. The van der Waals surface area contributed by atoms with Crippen molar-refractivity contribution >= 4 is 37.6 Å². The van der Waals surface area contributed by atoms with Gasteiger partial charge in [0.15, 0.2) is 0 Å². The lowest BCUT2D eigenvalue weighted by atomic mass is 10.2. The van der Waals surface area contributed by atoms with Crippen LogP contribution in [0.1, 0.15) is 17.1 Å². The molecule has 21 heavy (non-hydrogen) atoms. The van der Waals surface area contributed by atoms with Crippen molar-refractivity contribution in [3.05, 3.63) is 51.9 Å². The van der Waals surface area contributed by atoms with Gasteiger partial charge in [0, 0.05) is 24.1 Å². The van der Waals surface area contributed by atoms with E-state index in [2.05, 4.69) is 15.9 Å². The van der Waals surface area contributed by atoms with Crippen LogP contribution in [0, 0.1) is 6.92 Å². The van der Waals surface area contributed by atoms with Gasteiger partial charge >= 0.3 is 0 Å². The summed E-state index contributed by atoms with van der Waals surface area (Å²) in [7, 11) is -2.06. The Morgan fingerprint density at radius 2 is 2.05 bits per heavy atom. The number of hydrogen-bond acceptors (Lipinski definition) is 3. The van der Waals surface area contributed by atoms with E-state index < -0.39 is 10.0 Å². The minimum atomic E-state index is -3.60. The van der Waals surface area contributed by atoms with Gasteiger partial charge in [0.25, 0.3) is 0 Å². The van der Waals surface area contributed by atoms with Gasteiger partial charge in [-0.25, -0.2) is 8.42 Å². The summed E-state index contributed by atoms with van der Waals surface area (Å²) in [5, 5.41) is 0. The Hall–Kier alpha value is -0.820. The normalized spacial score (nSPS) is 12.0. The van der Waals surface area contributed by atoms with Crippen molar-refractivity contribution in [1.29, 1.82) is 0 Å². The lowest BCUT2D eigenvalue weighted by Gasteiger charge is -2.16. The molecule has 0 spiro atoms. The van der Waals surface area contributed by atoms with E-state index in [1.807, 2.05) is 24.3 Å². The van der Waals surface area contributed by atoms with Gasteiger partial charge in [-0.3, -0.25) is 0 Å². The average molecular weight is 393 g/mol. The largest absolute Gasteiger partial charge is 0.464 e. The van der Waals surface area contributed by atoms with Crippen molar-refractivity contribution in [2.24, 2.45) is 0 Å². The monoisotopic (exact) mass is 391 g/mol. The Labute approximate surface area is 137 Å². The Morgan fingerprint density at radius 1 is 1.33 bits per heavy atom. The van der Waals surface area contributed by atoms with Crippen LogP contribution in [0.5, 0.6) is 0 Å². The number of nitrogens with zero attached hydrogens (tertiary/aromatic N) is 1. The van der Waals surface area contributed by atoms with Gasteiger partial charge < -0.3 is 4.42 Å². The molecule has 0 radical (unpaired) electrons. The fourth-order valence-electron chi connectivity index (χ4n) is 1.99. The Morgan fingerprint density at radius 3 is 2.62 bits per heavy atom. The first kappa shape index (κ1) is 16.5. The third kappa shape index (κ3) is 3.69. The van der Waals surface area contributed by atoms with Crippen LogP contribution in [0.4, 0.5) is 0 Å². The first-order chi connectivity index (χ1) is 9.84. The fourth-order valence-corrected chi connectivity index (χ4v) is 3.91. The predicted octanol–water partition coefficient (Wildman–Crippen LogP) is 3.91. The number of hydrogen-bond donors (Lipinski definition) is 0. The lowest BCUT2D eigenvalue weighted by molar-refractivity contribution is 0.459. The van der Waals surface area contributed by atoms with Crippen LogP contribution in [0.15, 0.2) is 44.1 Å². The molecule has 7 heteroatoms. The van der Waals surface area contributed by atoms with Gasteiger partial charge in [-0.05, 0) is 24.6 Å². The first-order valence-corrected chi connectivity index (χ1v) is 8.97. The summed E-state index contributed by atoms with van der Waals surface area (Å²) in [5.41, 5.74) is 0.897. The van der Waals surface area contributed by atoms with E-state index in [9.17, 15) is 8.42 Å². The molecule has 0 saturated carbocycles. The van der Waals surface area contributed by atoms with Crippen LogP contribution in [0.3, 0.4) is 0 Å². The quantitative estimate of drug-likeness (QED) is 0.725. The molecule has 0 aliphatic carbocycles. The molecule has 0 bridgehead atoms. The predicted molar refractivity (Wildman–Crippen MR) is 85.8 cm³/mol. The van der Waals surface area contributed by atoms with Crippen LogP contribution in [-0.4, -0.2) is 19.8 Å². The molecule has 0 unspecified atom stereocenters. The van der Waals surface area contributed by atoms with Crippen molar-refractivity contribution in [2.75, 3.05) is 7.05 Å². The third-order valence-electron chi connectivity index (χ3n) is 3.04. The van der Waals surface area contributed by atoms with E-state index in [1.165, 1.54) is 10.4 Å². The number of halogens is 2. The molecular weight excluding hydrogens is 378 g/mol. The van der Waals surface area contributed by atoms with E-state index in [4.69, 9.17) is 16.0 Å². The van der Waals surface area contributed by atoms with E-state index in [1.54, 1.807) is 14.0 Å². The molecule has 0 saturated heterocycles. The number of furan rings is 1. The maximum Gasteiger partial charge on any atom is 0.246 e. The summed E-state index contributed by atoms with van der Waals surface area (Å²) in [5.74, 6) is 0.946. The summed E-state index contributed by atoms with van der Waals surface area (Å²) >= 11 is 9.06. The molecule has 0 N–H and O–H groups in total. The lowest BCUT2D eigenvalue weighted by Crippen LogP contribution is -2.26. The van der Waals surface area contributed by atoms with Gasteiger partial charge in [-0.1, -0.05) is 28.1 Å². The van der Waals surface area contributed by atoms with Gasteiger partial charge in [0.2, 0.25) is 10.0 Å². The van der Waals surface area contributed by atoms with Crippen molar-refractivity contribution in [2.45, 2.75) is 24.2 Å². The summed E-state index contributed by atoms with van der Waals surface area (Å²) in [6.07, 6.45) is 0. The molecule has 0 atom stereocenters. The minimum Gasteiger partial charge on any atom is -0.464 e. The number of rotatable bonds is 5. The summed E-state index contributed by atoms with van der Waals surface area (Å²) < 4.78 is 32.7. The van der Waals surface area contributed by atoms with Gasteiger partial charge in [0.1, 0.15) is 16.4 Å². The fraction of sp³-hybridized carbons (Fsp3) is 0.286. The highest BCUT2D eigenvalue weighted by Gasteiger charge is 2.26. The topological polar surface area (TPSA) is 50.5 Å². The summed E-state index contributed by atoms with van der Waals surface area (Å²) in [6.45, 7) is 1.90. The molecule has 4 nitrogen and oxygen atoms in total. The molecule has 1 aromatic carbocycles. The summed E-state index contributed by atoms with van der Waals surface area (Å²) in [4.78, 5) is 0.163. The standard InChI is InChI=1S/C14H15BrClNO3S/c1-10-14(7-13(8-16)20-10)21(18,19)17(2)9-11-4-3-5-12(15)6-11/h3-7H,8-9H2,1-2H3. The second-order valence-corrected chi connectivity index (χ2v) is 7.85. The van der Waals surface area contributed by atoms with Crippen LogP contribution < -0.4 is 0 Å². The maximum atomic E-state index is 12.6. The number of alkyl halides is 1. The van der Waals surface area contributed by atoms with E-state index in [-0.39, 0.29) is 17.3 Å². The zero-order valence-electron chi connectivity index (χ0n) is 11.6. The highest BCUT2D eigenvalue weighted by molar-refractivity contribution is 9.10. The van der Waals surface area contributed by atoms with E-state index in [0.717, 1.165) is 10.0 Å². The van der Waals surface area contributed by atoms with Crippen molar-refractivity contribution in [3.8, 4) is 0 Å². The molecule has 114 valence electrons. The van der Waals surface area contributed by atoms with Crippen LogP contribution in [0.2, 0.25) is 0 Å². The van der Waals surface area contributed by atoms with Gasteiger partial charge in [-0.2, -0.15) is 4.31 Å². The van der Waals surface area contributed by atoms with Crippen molar-refractivity contribution < 1.29 is 12.8 Å². The van der Waals surface area contributed by atoms with Gasteiger partial charge in [0.05, 0.1) is 5.88 Å². The zero-order chi connectivity index (χ0) is 15.6. The SMILES string of the molecule is Cc1oc(CCl)cc1S(=O)(=O)N(C)Cc1cccc(Br)c1. The maximum absolute atomic E-state index is 12.6. The van der Waals surface area contributed by atoms with E-state index in [0.29, 0.717) is 11.5 Å². The minimum absolute atomic E-state index is 0.145. The van der Waals surface area contributed by atoms with Crippen molar-refractivity contribution in [3.63, 3.8) is 0 Å². The highest BCUT2D eigenvalue weighted by Crippen LogP contribution is 2.25. The molecule has 2 aromatic rings. The number of sulfonamides is 1. The van der Waals surface area contributed by atoms with E-state index >= 15 is 0 Å². The molecule has 0 aliphatic rings. The Bertz CT molecular complexity index is 742. The first-order valence-electron chi connectivity index (χ1n) is 6.20. The van der Waals surface area contributed by atoms with Crippen molar-refractivity contribution in [1.82, 2.24) is 4.31 Å². The summed E-state index contributed by atoms with van der Waals surface area (Å²) in [6, 6.07) is 9.01. The third-order valence-corrected chi connectivity index (χ3v) is 5.70. The second-order valence-electron chi connectivity index (χ2n) is 4.66. The molecule has 2 rings (SSSR count).